The van der Waals surface area contributed by atoms with Crippen molar-refractivity contribution in [2.45, 2.75) is 59.0 Å². The van der Waals surface area contributed by atoms with Crippen molar-refractivity contribution >= 4 is 17.5 Å². The molecule has 1 saturated carbocycles. The lowest BCUT2D eigenvalue weighted by molar-refractivity contribution is -0.140. The van der Waals surface area contributed by atoms with Crippen molar-refractivity contribution in [1.29, 1.82) is 0 Å². The van der Waals surface area contributed by atoms with Gasteiger partial charge in [-0.1, -0.05) is 12.8 Å². The lowest BCUT2D eigenvalue weighted by atomic mass is 10.0. The van der Waals surface area contributed by atoms with E-state index in [0.29, 0.717) is 24.7 Å². The Morgan fingerprint density at radius 2 is 1.88 bits per heavy atom. The van der Waals surface area contributed by atoms with Crippen LogP contribution in [0.25, 0.3) is 0 Å². The zero-order valence-electron chi connectivity index (χ0n) is 19.6. The minimum atomic E-state index is -0.421. The summed E-state index contributed by atoms with van der Waals surface area (Å²) in [5.74, 6) is -0.335. The number of nitrogens with zero attached hydrogens (tertiary/aromatic N) is 4. The van der Waals surface area contributed by atoms with E-state index in [1.165, 1.54) is 24.5 Å². The predicted molar refractivity (Wildman–Crippen MR) is 124 cm³/mol. The van der Waals surface area contributed by atoms with E-state index in [2.05, 4.69) is 27.1 Å². The number of hydrogen-bond donors (Lipinski definition) is 1. The number of rotatable bonds is 5. The molecule has 1 aromatic heterocycles. The Hall–Kier alpha value is -2.87. The second-order valence-electron chi connectivity index (χ2n) is 9.33. The van der Waals surface area contributed by atoms with Gasteiger partial charge in [-0.3, -0.25) is 19.5 Å². The molecule has 2 amide bonds. The van der Waals surface area contributed by atoms with E-state index in [-0.39, 0.29) is 17.7 Å². The normalized spacial score (nSPS) is 19.6. The van der Waals surface area contributed by atoms with Gasteiger partial charge < -0.3 is 10.2 Å². The van der Waals surface area contributed by atoms with Crippen LogP contribution in [-0.2, 0) is 11.3 Å². The maximum absolute atomic E-state index is 14.4. The van der Waals surface area contributed by atoms with Gasteiger partial charge in [0.2, 0.25) is 5.91 Å². The van der Waals surface area contributed by atoms with Crippen LogP contribution in [0.1, 0.15) is 59.9 Å². The van der Waals surface area contributed by atoms with Gasteiger partial charge in [0.15, 0.2) is 0 Å². The first kappa shape index (κ1) is 23.3. The molecule has 2 aliphatic rings. The predicted octanol–water partition coefficient (Wildman–Crippen LogP) is 3.71. The molecule has 2 fully saturated rings. The smallest absolute Gasteiger partial charge is 0.275 e. The Morgan fingerprint density at radius 1 is 1.12 bits per heavy atom. The zero-order chi connectivity index (χ0) is 23.5. The molecule has 8 heteroatoms. The van der Waals surface area contributed by atoms with Gasteiger partial charge in [-0.2, -0.15) is 0 Å². The molecule has 0 bridgehead atoms. The Morgan fingerprint density at radius 3 is 2.55 bits per heavy atom. The molecule has 1 atom stereocenters. The third-order valence-electron chi connectivity index (χ3n) is 6.83. The minimum Gasteiger partial charge on any atom is -0.337 e. The molecule has 176 valence electrons. The summed E-state index contributed by atoms with van der Waals surface area (Å²) in [4.78, 5) is 37.9. The van der Waals surface area contributed by atoms with E-state index in [0.717, 1.165) is 55.6 Å². The van der Waals surface area contributed by atoms with Crippen molar-refractivity contribution in [2.75, 3.05) is 25.0 Å². The van der Waals surface area contributed by atoms with Crippen molar-refractivity contribution < 1.29 is 14.0 Å². The summed E-state index contributed by atoms with van der Waals surface area (Å²) < 4.78 is 14.4. The number of carbonyl (C=O) groups is 2. The lowest BCUT2D eigenvalue weighted by Gasteiger charge is -2.41. The average molecular weight is 454 g/mol. The molecule has 1 aliphatic carbocycles. The highest BCUT2D eigenvalue weighted by Gasteiger charge is 2.33. The van der Waals surface area contributed by atoms with Gasteiger partial charge >= 0.3 is 0 Å². The van der Waals surface area contributed by atoms with Gasteiger partial charge in [0.05, 0.1) is 11.9 Å². The number of aryl methyl sites for hydroxylation is 1. The zero-order valence-corrected chi connectivity index (χ0v) is 19.6. The third kappa shape index (κ3) is 5.38. The fraction of sp³-hybridized carbons (Fsp3) is 0.520. The average Bonchev–Trinajstić information content (AvgIpc) is 3.32. The Bertz CT molecular complexity index is 1020. The van der Waals surface area contributed by atoms with Crippen LogP contribution >= 0.6 is 0 Å². The van der Waals surface area contributed by atoms with Gasteiger partial charge in [-0.25, -0.2) is 9.37 Å². The highest BCUT2D eigenvalue weighted by Crippen LogP contribution is 2.29. The summed E-state index contributed by atoms with van der Waals surface area (Å²) in [5, 5.41) is 2.77. The molecule has 1 saturated heterocycles. The van der Waals surface area contributed by atoms with E-state index < -0.39 is 11.7 Å². The Labute approximate surface area is 194 Å². The van der Waals surface area contributed by atoms with E-state index in [4.69, 9.17) is 0 Å². The van der Waals surface area contributed by atoms with Crippen LogP contribution in [0, 0.1) is 25.6 Å². The van der Waals surface area contributed by atoms with Gasteiger partial charge in [-0.05, 0) is 56.9 Å². The molecule has 0 spiro atoms. The molecular formula is C25H32FN5O2. The first-order valence-corrected chi connectivity index (χ1v) is 11.7. The van der Waals surface area contributed by atoms with Gasteiger partial charge in [0, 0.05) is 50.0 Å². The third-order valence-corrected chi connectivity index (χ3v) is 6.83. The van der Waals surface area contributed by atoms with Gasteiger partial charge in [-0.15, -0.1) is 0 Å². The summed E-state index contributed by atoms with van der Waals surface area (Å²) in [7, 11) is 0. The number of anilines is 1. The molecule has 0 radical (unpaired) electrons. The van der Waals surface area contributed by atoms with Crippen LogP contribution in [0.5, 0.6) is 0 Å². The van der Waals surface area contributed by atoms with Crippen LogP contribution < -0.4 is 5.32 Å². The monoisotopic (exact) mass is 453 g/mol. The minimum absolute atomic E-state index is 0.125. The molecule has 33 heavy (non-hydrogen) atoms. The number of halogens is 1. The molecule has 2 aromatic rings. The van der Waals surface area contributed by atoms with Crippen molar-refractivity contribution in [3.63, 3.8) is 0 Å². The Balaban J connectivity index is 1.42. The van der Waals surface area contributed by atoms with E-state index in [1.807, 2.05) is 11.8 Å². The number of amides is 2. The molecule has 7 nitrogen and oxygen atoms in total. The van der Waals surface area contributed by atoms with Crippen LogP contribution in [-0.4, -0.2) is 57.3 Å². The molecule has 1 aliphatic heterocycles. The van der Waals surface area contributed by atoms with Gasteiger partial charge in [0.25, 0.3) is 5.91 Å². The number of carbonyl (C=O) groups excluding carboxylic acids is 2. The SMILES string of the molecule is Cc1cnc(C(=O)Nc2cc(F)cc(CN3CCN(C(=O)C4CCCC4)C(C)C3)c2C)cn1. The molecule has 1 unspecified atom stereocenters. The van der Waals surface area contributed by atoms with Crippen LogP contribution in [0.4, 0.5) is 10.1 Å². The van der Waals surface area contributed by atoms with Crippen molar-refractivity contribution in [3.05, 3.63) is 52.9 Å². The Kier molecular flexibility index (Phi) is 7.02. The fourth-order valence-corrected chi connectivity index (χ4v) is 4.88. The first-order chi connectivity index (χ1) is 15.8. The second-order valence-corrected chi connectivity index (χ2v) is 9.33. The van der Waals surface area contributed by atoms with Crippen molar-refractivity contribution in [3.8, 4) is 0 Å². The second kappa shape index (κ2) is 9.95. The quantitative estimate of drug-likeness (QED) is 0.747. The van der Waals surface area contributed by atoms with E-state index in [1.54, 1.807) is 6.92 Å². The van der Waals surface area contributed by atoms with E-state index >= 15 is 0 Å². The van der Waals surface area contributed by atoms with Crippen LogP contribution in [0.2, 0.25) is 0 Å². The lowest BCUT2D eigenvalue weighted by Crippen LogP contribution is -2.54. The van der Waals surface area contributed by atoms with Crippen LogP contribution in [0.15, 0.2) is 24.5 Å². The van der Waals surface area contributed by atoms with E-state index in [9.17, 15) is 14.0 Å². The maximum Gasteiger partial charge on any atom is 0.275 e. The first-order valence-electron chi connectivity index (χ1n) is 11.7. The molecule has 1 N–H and O–H groups in total. The number of hydrogen-bond acceptors (Lipinski definition) is 5. The molecule has 4 rings (SSSR count). The highest BCUT2D eigenvalue weighted by molar-refractivity contribution is 6.03. The number of benzene rings is 1. The largest absolute Gasteiger partial charge is 0.337 e. The van der Waals surface area contributed by atoms with Crippen LogP contribution in [0.3, 0.4) is 0 Å². The van der Waals surface area contributed by atoms with Crippen molar-refractivity contribution in [2.24, 2.45) is 5.92 Å². The van der Waals surface area contributed by atoms with Gasteiger partial charge in [0.1, 0.15) is 11.5 Å². The summed E-state index contributed by atoms with van der Waals surface area (Å²) in [6, 6.07) is 2.98. The number of aromatic nitrogens is 2. The van der Waals surface area contributed by atoms with Crippen molar-refractivity contribution in [1.82, 2.24) is 19.8 Å². The highest BCUT2D eigenvalue weighted by atomic mass is 19.1. The summed E-state index contributed by atoms with van der Waals surface area (Å²) in [6.45, 7) is 8.52. The standard InChI is InChI=1S/C25H32FN5O2/c1-16-12-28-23(13-27-16)24(32)29-22-11-21(26)10-20(18(22)3)15-30-8-9-31(17(2)14-30)25(33)19-6-4-5-7-19/h10-13,17,19H,4-9,14-15H2,1-3H3,(H,29,32). The molecule has 1 aromatic carbocycles. The maximum atomic E-state index is 14.4. The molecule has 2 heterocycles. The number of nitrogens with one attached hydrogen (secondary N) is 1. The summed E-state index contributed by atoms with van der Waals surface area (Å²) >= 11 is 0. The number of piperazine rings is 1. The molecular weight excluding hydrogens is 421 g/mol. The topological polar surface area (TPSA) is 78.4 Å². The fourth-order valence-electron chi connectivity index (χ4n) is 4.88. The summed E-state index contributed by atoms with van der Waals surface area (Å²) in [6.07, 6.45) is 7.26. The summed E-state index contributed by atoms with van der Waals surface area (Å²) in [5.41, 5.74) is 2.98.